The first-order chi connectivity index (χ1) is 8.37. The van der Waals surface area contributed by atoms with Crippen LogP contribution in [0.3, 0.4) is 0 Å². The number of nitrogens with one attached hydrogen (secondary N) is 1. The van der Waals surface area contributed by atoms with E-state index in [4.69, 9.17) is 4.74 Å². The number of ether oxygens (including phenoxy) is 1. The minimum Gasteiger partial charge on any atom is -0.487 e. The number of nitrogens with zero attached hydrogens (tertiary/aromatic N) is 2. The second kappa shape index (κ2) is 4.64. The van der Waals surface area contributed by atoms with E-state index in [-0.39, 0.29) is 6.10 Å². The van der Waals surface area contributed by atoms with E-state index in [1.54, 1.807) is 6.20 Å². The summed E-state index contributed by atoms with van der Waals surface area (Å²) < 4.78 is 30.8. The van der Waals surface area contributed by atoms with Crippen LogP contribution in [0.1, 0.15) is 12.8 Å². The number of hydrogen-bond acceptors (Lipinski definition) is 5. The van der Waals surface area contributed by atoms with Crippen molar-refractivity contribution in [3.8, 4) is 5.75 Å². The molecule has 0 amide bonds. The van der Waals surface area contributed by atoms with Gasteiger partial charge in [0, 0.05) is 14.1 Å². The smallest absolute Gasteiger partial charge is 0.229 e. The summed E-state index contributed by atoms with van der Waals surface area (Å²) >= 11 is 0. The molecule has 0 spiro atoms. The van der Waals surface area contributed by atoms with E-state index in [2.05, 4.69) is 9.71 Å². The van der Waals surface area contributed by atoms with Crippen LogP contribution in [-0.4, -0.2) is 39.9 Å². The van der Waals surface area contributed by atoms with Gasteiger partial charge in [-0.15, -0.1) is 0 Å². The third kappa shape index (κ3) is 3.25. The number of rotatable bonds is 5. The largest absolute Gasteiger partial charge is 0.487 e. The third-order valence-corrected chi connectivity index (χ3v) is 3.04. The molecule has 0 saturated heterocycles. The second-order valence-electron chi connectivity index (χ2n) is 4.62. The Hall–Kier alpha value is -1.50. The highest BCUT2D eigenvalue weighted by Crippen LogP contribution is 2.37. The summed E-state index contributed by atoms with van der Waals surface area (Å²) in [6, 6.07) is 0. The summed E-state index contributed by atoms with van der Waals surface area (Å²) in [7, 11) is 0.337. The maximum absolute atomic E-state index is 11.3. The third-order valence-electron chi connectivity index (χ3n) is 2.44. The summed E-state index contributed by atoms with van der Waals surface area (Å²) in [5.41, 5.74) is 1.13. The van der Waals surface area contributed by atoms with Gasteiger partial charge in [-0.3, -0.25) is 9.71 Å². The molecule has 7 heteroatoms. The lowest BCUT2D eigenvalue weighted by molar-refractivity contribution is 0.303. The lowest BCUT2D eigenvalue weighted by atomic mass is 10.3. The first kappa shape index (κ1) is 12.9. The molecule has 100 valence electrons. The molecule has 0 aromatic carbocycles. The van der Waals surface area contributed by atoms with Gasteiger partial charge in [0.2, 0.25) is 10.0 Å². The number of sulfonamides is 1. The molecule has 0 bridgehead atoms. The Morgan fingerprint density at radius 2 is 2.06 bits per heavy atom. The molecule has 1 aromatic heterocycles. The van der Waals surface area contributed by atoms with Crippen molar-refractivity contribution in [3.63, 3.8) is 0 Å². The van der Waals surface area contributed by atoms with Crippen LogP contribution in [0.25, 0.3) is 0 Å². The van der Waals surface area contributed by atoms with E-state index in [1.165, 1.54) is 6.20 Å². The molecule has 1 aliphatic carbocycles. The Balaban J connectivity index is 2.37. The van der Waals surface area contributed by atoms with Gasteiger partial charge >= 0.3 is 0 Å². The second-order valence-corrected chi connectivity index (χ2v) is 6.37. The lowest BCUT2D eigenvalue weighted by Gasteiger charge is -2.21. The maximum atomic E-state index is 11.3. The minimum atomic E-state index is -3.34. The average molecular weight is 271 g/mol. The Bertz CT molecular complexity index is 538. The zero-order chi connectivity index (χ0) is 13.3. The van der Waals surface area contributed by atoms with Gasteiger partial charge in [0.25, 0.3) is 0 Å². The van der Waals surface area contributed by atoms with E-state index in [1.807, 2.05) is 19.0 Å². The molecule has 2 rings (SSSR count). The first-order valence-electron chi connectivity index (χ1n) is 5.66. The van der Waals surface area contributed by atoms with E-state index >= 15 is 0 Å². The molecule has 1 fully saturated rings. The van der Waals surface area contributed by atoms with Crippen LogP contribution in [0.4, 0.5) is 11.4 Å². The number of anilines is 2. The molecule has 0 radical (unpaired) electrons. The normalized spacial score (nSPS) is 15.3. The van der Waals surface area contributed by atoms with Gasteiger partial charge in [0.1, 0.15) is 5.69 Å². The topological polar surface area (TPSA) is 71.5 Å². The predicted molar refractivity (Wildman–Crippen MR) is 70.7 cm³/mol. The van der Waals surface area contributed by atoms with Crippen LogP contribution in [0.15, 0.2) is 12.4 Å². The number of hydrogen-bond donors (Lipinski definition) is 1. The fraction of sp³-hybridized carbons (Fsp3) is 0.545. The van der Waals surface area contributed by atoms with Gasteiger partial charge in [-0.2, -0.15) is 0 Å². The molecule has 0 aliphatic heterocycles. The minimum absolute atomic E-state index is 0.235. The van der Waals surface area contributed by atoms with Crippen LogP contribution in [-0.2, 0) is 10.0 Å². The quantitative estimate of drug-likeness (QED) is 0.867. The molecule has 6 nitrogen and oxygen atoms in total. The monoisotopic (exact) mass is 271 g/mol. The number of aromatic nitrogens is 1. The van der Waals surface area contributed by atoms with Crippen molar-refractivity contribution in [2.24, 2.45) is 0 Å². The van der Waals surface area contributed by atoms with Crippen molar-refractivity contribution in [1.82, 2.24) is 4.98 Å². The molecule has 18 heavy (non-hydrogen) atoms. The highest BCUT2D eigenvalue weighted by Gasteiger charge is 2.26. The molecular weight excluding hydrogens is 254 g/mol. The van der Waals surface area contributed by atoms with Crippen molar-refractivity contribution in [3.05, 3.63) is 12.4 Å². The summed E-state index contributed by atoms with van der Waals surface area (Å²) in [4.78, 5) is 5.83. The summed E-state index contributed by atoms with van der Waals surface area (Å²) in [5.74, 6) is 0.608. The highest BCUT2D eigenvalue weighted by atomic mass is 32.2. The van der Waals surface area contributed by atoms with Crippen molar-refractivity contribution >= 4 is 21.4 Å². The van der Waals surface area contributed by atoms with E-state index in [0.29, 0.717) is 17.1 Å². The van der Waals surface area contributed by atoms with Gasteiger partial charge in [0.15, 0.2) is 5.75 Å². The average Bonchev–Trinajstić information content (AvgIpc) is 2.98. The SMILES string of the molecule is CN(C)c1c(NS(C)(=O)=O)cncc1OC1CC1. The molecule has 1 saturated carbocycles. The molecule has 0 unspecified atom stereocenters. The highest BCUT2D eigenvalue weighted by molar-refractivity contribution is 7.92. The zero-order valence-corrected chi connectivity index (χ0v) is 11.5. The Labute approximate surface area is 107 Å². The molecule has 1 heterocycles. The van der Waals surface area contributed by atoms with Gasteiger partial charge in [-0.25, -0.2) is 8.42 Å². The van der Waals surface area contributed by atoms with Crippen molar-refractivity contribution in [2.45, 2.75) is 18.9 Å². The van der Waals surface area contributed by atoms with Crippen LogP contribution in [0.5, 0.6) is 5.75 Å². The summed E-state index contributed by atoms with van der Waals surface area (Å²) in [5, 5.41) is 0. The maximum Gasteiger partial charge on any atom is 0.229 e. The van der Waals surface area contributed by atoms with E-state index in [0.717, 1.165) is 19.1 Å². The fourth-order valence-corrected chi connectivity index (χ4v) is 2.17. The van der Waals surface area contributed by atoms with Crippen LogP contribution >= 0.6 is 0 Å². The lowest BCUT2D eigenvalue weighted by Crippen LogP contribution is -2.17. The standard InChI is InChI=1S/C11H17N3O3S/c1-14(2)11-9(13-18(3,15)16)6-12-7-10(11)17-8-4-5-8/h6-8,13H,4-5H2,1-3H3. The van der Waals surface area contributed by atoms with E-state index in [9.17, 15) is 8.42 Å². The Morgan fingerprint density at radius 1 is 1.39 bits per heavy atom. The molecule has 0 atom stereocenters. The Morgan fingerprint density at radius 3 is 2.56 bits per heavy atom. The molecule has 1 aliphatic rings. The summed E-state index contributed by atoms with van der Waals surface area (Å²) in [6.45, 7) is 0. The first-order valence-corrected chi connectivity index (χ1v) is 7.56. The van der Waals surface area contributed by atoms with E-state index < -0.39 is 10.0 Å². The van der Waals surface area contributed by atoms with Crippen molar-refractivity contribution < 1.29 is 13.2 Å². The zero-order valence-electron chi connectivity index (χ0n) is 10.7. The number of pyridine rings is 1. The van der Waals surface area contributed by atoms with Crippen molar-refractivity contribution in [1.29, 1.82) is 0 Å². The van der Waals surface area contributed by atoms with Gasteiger partial charge in [-0.1, -0.05) is 0 Å². The Kier molecular flexibility index (Phi) is 3.34. The molecule has 1 aromatic rings. The van der Waals surface area contributed by atoms with Crippen LogP contribution in [0, 0.1) is 0 Å². The van der Waals surface area contributed by atoms with Gasteiger partial charge in [0.05, 0.1) is 30.4 Å². The van der Waals surface area contributed by atoms with Gasteiger partial charge in [-0.05, 0) is 12.8 Å². The summed E-state index contributed by atoms with van der Waals surface area (Å²) in [6.07, 6.45) is 6.52. The van der Waals surface area contributed by atoms with Gasteiger partial charge < -0.3 is 9.64 Å². The molecular formula is C11H17N3O3S. The van der Waals surface area contributed by atoms with Crippen molar-refractivity contribution in [2.75, 3.05) is 30.0 Å². The predicted octanol–water partition coefficient (Wildman–Crippen LogP) is 1.06. The fourth-order valence-electron chi connectivity index (χ4n) is 1.62. The van der Waals surface area contributed by atoms with Crippen LogP contribution < -0.4 is 14.4 Å². The van der Waals surface area contributed by atoms with Crippen LogP contribution in [0.2, 0.25) is 0 Å². The molecule has 1 N–H and O–H groups in total.